The van der Waals surface area contributed by atoms with Crippen LogP contribution in [0.5, 0.6) is 0 Å². The summed E-state index contributed by atoms with van der Waals surface area (Å²) in [4.78, 5) is 4.29. The minimum Gasteiger partial charge on any atom is -0.307 e. The normalized spacial score (nSPS) is 19.0. The Labute approximate surface area is 90.9 Å². The van der Waals surface area contributed by atoms with Crippen LogP contribution in [0.4, 0.5) is 0 Å². The van der Waals surface area contributed by atoms with Crippen molar-refractivity contribution in [2.24, 2.45) is 0 Å². The second-order valence-electron chi connectivity index (χ2n) is 4.41. The minimum atomic E-state index is 0.673. The molecule has 0 amide bonds. The molecule has 84 valence electrons. The lowest BCUT2D eigenvalue weighted by atomic mass is 10.1. The predicted octanol–water partition coefficient (Wildman–Crippen LogP) is 1.93. The van der Waals surface area contributed by atoms with E-state index in [1.165, 1.54) is 38.5 Å². The van der Waals surface area contributed by atoms with Crippen LogP contribution in [0, 0.1) is 6.92 Å². The molecule has 1 saturated carbocycles. The van der Waals surface area contributed by atoms with Gasteiger partial charge in [-0.25, -0.2) is 4.98 Å². The first-order valence-electron chi connectivity index (χ1n) is 5.96. The Kier molecular flexibility index (Phi) is 3.72. The lowest BCUT2D eigenvalue weighted by Crippen LogP contribution is -2.28. The standard InChI is InChI=1S/C11H20N4/c1-9-13-11(15-14-9)8-12-10-6-4-2-3-5-7-10/h10,12H,2-8H2,1H3,(H,13,14,15). The summed E-state index contributed by atoms with van der Waals surface area (Å²) in [6.07, 6.45) is 8.15. The van der Waals surface area contributed by atoms with Crippen LogP contribution in [0.2, 0.25) is 0 Å². The zero-order valence-electron chi connectivity index (χ0n) is 9.42. The number of aryl methyl sites for hydroxylation is 1. The molecule has 1 aliphatic rings. The van der Waals surface area contributed by atoms with Crippen LogP contribution in [-0.2, 0) is 6.54 Å². The van der Waals surface area contributed by atoms with E-state index in [0.717, 1.165) is 18.2 Å². The van der Waals surface area contributed by atoms with Crippen molar-refractivity contribution in [3.63, 3.8) is 0 Å². The monoisotopic (exact) mass is 208 g/mol. The lowest BCUT2D eigenvalue weighted by Gasteiger charge is -2.14. The summed E-state index contributed by atoms with van der Waals surface area (Å²) in [5.74, 6) is 1.78. The quantitative estimate of drug-likeness (QED) is 0.746. The van der Waals surface area contributed by atoms with Crippen LogP contribution in [0.25, 0.3) is 0 Å². The van der Waals surface area contributed by atoms with Gasteiger partial charge in [0.25, 0.3) is 0 Å². The van der Waals surface area contributed by atoms with E-state index < -0.39 is 0 Å². The number of aromatic nitrogens is 3. The molecule has 15 heavy (non-hydrogen) atoms. The maximum absolute atomic E-state index is 4.29. The average Bonchev–Trinajstić information content (AvgIpc) is 2.52. The zero-order valence-corrected chi connectivity index (χ0v) is 9.42. The number of hydrogen-bond donors (Lipinski definition) is 2. The third-order valence-corrected chi connectivity index (χ3v) is 3.05. The number of nitrogens with one attached hydrogen (secondary N) is 2. The molecule has 2 N–H and O–H groups in total. The molecule has 2 rings (SSSR count). The van der Waals surface area contributed by atoms with E-state index in [1.54, 1.807) is 0 Å². The topological polar surface area (TPSA) is 53.6 Å². The van der Waals surface area contributed by atoms with Crippen molar-refractivity contribution < 1.29 is 0 Å². The molecule has 0 bridgehead atoms. The number of H-pyrrole nitrogens is 1. The van der Waals surface area contributed by atoms with Gasteiger partial charge in [0, 0.05) is 6.04 Å². The summed E-state index contributed by atoms with van der Waals surface area (Å²) >= 11 is 0. The molecule has 4 heteroatoms. The van der Waals surface area contributed by atoms with Gasteiger partial charge in [-0.15, -0.1) is 0 Å². The van der Waals surface area contributed by atoms with Crippen LogP contribution in [0.3, 0.4) is 0 Å². The molecule has 0 radical (unpaired) electrons. The highest BCUT2D eigenvalue weighted by atomic mass is 15.2. The smallest absolute Gasteiger partial charge is 0.164 e. The Balaban J connectivity index is 1.76. The van der Waals surface area contributed by atoms with Crippen molar-refractivity contribution in [2.45, 2.75) is 58.0 Å². The van der Waals surface area contributed by atoms with Gasteiger partial charge in [0.05, 0.1) is 6.54 Å². The van der Waals surface area contributed by atoms with Gasteiger partial charge < -0.3 is 5.32 Å². The van der Waals surface area contributed by atoms with Crippen molar-refractivity contribution in [3.05, 3.63) is 11.6 Å². The fourth-order valence-electron chi connectivity index (χ4n) is 2.19. The largest absolute Gasteiger partial charge is 0.307 e. The molecule has 1 heterocycles. The molecule has 0 aliphatic heterocycles. The average molecular weight is 208 g/mol. The highest BCUT2D eigenvalue weighted by Gasteiger charge is 2.12. The highest BCUT2D eigenvalue weighted by molar-refractivity contribution is 4.87. The summed E-state index contributed by atoms with van der Waals surface area (Å²) < 4.78 is 0. The Morgan fingerprint density at radius 1 is 1.27 bits per heavy atom. The molecular formula is C11H20N4. The summed E-state index contributed by atoms with van der Waals surface area (Å²) in [6.45, 7) is 2.73. The van der Waals surface area contributed by atoms with Gasteiger partial charge in [-0.3, -0.25) is 5.10 Å². The third-order valence-electron chi connectivity index (χ3n) is 3.05. The molecule has 0 saturated heterocycles. The molecule has 4 nitrogen and oxygen atoms in total. The third kappa shape index (κ3) is 3.30. The number of aromatic amines is 1. The molecule has 1 aromatic heterocycles. The molecule has 1 aromatic rings. The van der Waals surface area contributed by atoms with Gasteiger partial charge >= 0.3 is 0 Å². The molecular weight excluding hydrogens is 188 g/mol. The Hall–Kier alpha value is -0.900. The van der Waals surface area contributed by atoms with Crippen molar-refractivity contribution >= 4 is 0 Å². The van der Waals surface area contributed by atoms with Crippen LogP contribution in [-0.4, -0.2) is 21.2 Å². The van der Waals surface area contributed by atoms with E-state index in [2.05, 4.69) is 20.5 Å². The van der Waals surface area contributed by atoms with E-state index in [0.29, 0.717) is 6.04 Å². The Morgan fingerprint density at radius 3 is 2.60 bits per heavy atom. The summed E-state index contributed by atoms with van der Waals surface area (Å²) in [5.41, 5.74) is 0. The molecule has 1 fully saturated rings. The highest BCUT2D eigenvalue weighted by Crippen LogP contribution is 2.17. The maximum Gasteiger partial charge on any atom is 0.164 e. The van der Waals surface area contributed by atoms with Gasteiger partial charge in [-0.1, -0.05) is 25.7 Å². The van der Waals surface area contributed by atoms with Gasteiger partial charge in [0.1, 0.15) is 5.82 Å². The molecule has 0 spiro atoms. The maximum atomic E-state index is 4.29. The SMILES string of the molecule is Cc1nc(CNC2CCCCCC2)n[nH]1. The lowest BCUT2D eigenvalue weighted by molar-refractivity contribution is 0.453. The van der Waals surface area contributed by atoms with Crippen molar-refractivity contribution in [1.29, 1.82) is 0 Å². The minimum absolute atomic E-state index is 0.673. The van der Waals surface area contributed by atoms with Crippen LogP contribution >= 0.6 is 0 Å². The number of nitrogens with zero attached hydrogens (tertiary/aromatic N) is 2. The number of hydrogen-bond acceptors (Lipinski definition) is 3. The second-order valence-corrected chi connectivity index (χ2v) is 4.41. The van der Waals surface area contributed by atoms with Crippen molar-refractivity contribution in [3.8, 4) is 0 Å². The first-order valence-corrected chi connectivity index (χ1v) is 5.96. The first-order chi connectivity index (χ1) is 7.34. The van der Waals surface area contributed by atoms with E-state index in [1.807, 2.05) is 6.92 Å². The second kappa shape index (κ2) is 5.26. The van der Waals surface area contributed by atoms with Gasteiger partial charge in [0.15, 0.2) is 5.82 Å². The van der Waals surface area contributed by atoms with Crippen LogP contribution in [0.15, 0.2) is 0 Å². The summed E-state index contributed by atoms with van der Waals surface area (Å²) in [7, 11) is 0. The zero-order chi connectivity index (χ0) is 10.5. The molecule has 0 unspecified atom stereocenters. The first kappa shape index (κ1) is 10.6. The van der Waals surface area contributed by atoms with Crippen molar-refractivity contribution in [1.82, 2.24) is 20.5 Å². The van der Waals surface area contributed by atoms with Crippen LogP contribution < -0.4 is 5.32 Å². The van der Waals surface area contributed by atoms with E-state index >= 15 is 0 Å². The van der Waals surface area contributed by atoms with Crippen LogP contribution in [0.1, 0.15) is 50.2 Å². The predicted molar refractivity (Wildman–Crippen MR) is 59.4 cm³/mol. The Morgan fingerprint density at radius 2 is 2.00 bits per heavy atom. The number of rotatable bonds is 3. The molecule has 0 atom stereocenters. The van der Waals surface area contributed by atoms with Gasteiger partial charge in [-0.2, -0.15) is 5.10 Å². The molecule has 1 aliphatic carbocycles. The van der Waals surface area contributed by atoms with Gasteiger partial charge in [0.2, 0.25) is 0 Å². The van der Waals surface area contributed by atoms with E-state index in [9.17, 15) is 0 Å². The fourth-order valence-corrected chi connectivity index (χ4v) is 2.19. The Bertz CT molecular complexity index is 287. The van der Waals surface area contributed by atoms with E-state index in [-0.39, 0.29) is 0 Å². The fraction of sp³-hybridized carbons (Fsp3) is 0.818. The van der Waals surface area contributed by atoms with E-state index in [4.69, 9.17) is 0 Å². The van der Waals surface area contributed by atoms with Crippen molar-refractivity contribution in [2.75, 3.05) is 0 Å². The molecule has 0 aromatic carbocycles. The summed E-state index contributed by atoms with van der Waals surface area (Å²) in [5, 5.41) is 10.5. The summed E-state index contributed by atoms with van der Waals surface area (Å²) in [6, 6.07) is 0.673. The van der Waals surface area contributed by atoms with Gasteiger partial charge in [-0.05, 0) is 19.8 Å².